The van der Waals surface area contributed by atoms with Gasteiger partial charge >= 0.3 is 0 Å². The van der Waals surface area contributed by atoms with Crippen LogP contribution in [-0.2, 0) is 0 Å². The number of nitrogens with zero attached hydrogens (tertiary/aromatic N) is 1. The first-order valence-electron chi connectivity index (χ1n) is 4.99. The van der Waals surface area contributed by atoms with Crippen LogP contribution in [0.25, 0.3) is 0 Å². The van der Waals surface area contributed by atoms with Crippen molar-refractivity contribution < 1.29 is 5.11 Å². The Morgan fingerprint density at radius 1 is 1.33 bits per heavy atom. The van der Waals surface area contributed by atoms with Gasteiger partial charge in [-0.3, -0.25) is 4.90 Å². The molecule has 1 aliphatic heterocycles. The Hall–Kier alpha value is -0.0800. The van der Waals surface area contributed by atoms with E-state index in [9.17, 15) is 0 Å². The zero-order valence-electron chi connectivity index (χ0n) is 9.04. The number of hydrogen-bond acceptors (Lipinski definition) is 2. The Morgan fingerprint density at radius 2 is 1.83 bits per heavy atom. The third-order valence-corrected chi connectivity index (χ3v) is 2.78. The highest BCUT2D eigenvalue weighted by Gasteiger charge is 2.32. The van der Waals surface area contributed by atoms with E-state index in [4.69, 9.17) is 5.11 Å². The number of aliphatic hydroxyl groups is 1. The van der Waals surface area contributed by atoms with Crippen molar-refractivity contribution in [1.29, 1.82) is 0 Å². The molecule has 0 saturated carbocycles. The smallest absolute Gasteiger partial charge is 0.0589 e. The highest BCUT2D eigenvalue weighted by atomic mass is 16.3. The molecule has 0 spiro atoms. The average Bonchev–Trinajstić information content (AvgIpc) is 2.31. The number of likely N-dealkylation sites (tertiary alicyclic amines) is 1. The van der Waals surface area contributed by atoms with Crippen LogP contribution < -0.4 is 0 Å². The van der Waals surface area contributed by atoms with E-state index in [0.717, 1.165) is 0 Å². The number of hydrogen-bond donors (Lipinski definition) is 1. The largest absolute Gasteiger partial charge is 0.395 e. The normalized spacial score (nSPS) is 36.0. The molecule has 0 aromatic rings. The quantitative estimate of drug-likeness (QED) is 0.653. The lowest BCUT2D eigenvalue weighted by Gasteiger charge is -2.22. The molecule has 1 unspecified atom stereocenters. The summed E-state index contributed by atoms with van der Waals surface area (Å²) in [4.78, 5) is 2.27. The summed E-state index contributed by atoms with van der Waals surface area (Å²) in [5.74, 6) is 0.657. The first-order valence-corrected chi connectivity index (χ1v) is 4.99. The maximum atomic E-state index is 8.98. The lowest BCUT2D eigenvalue weighted by molar-refractivity contribution is 0.144. The number of aliphatic hydroxyl groups excluding tert-OH is 1. The van der Waals surface area contributed by atoms with E-state index in [1.54, 1.807) is 0 Å². The summed E-state index contributed by atoms with van der Waals surface area (Å²) in [5.41, 5.74) is 0. The Kier molecular flexibility index (Phi) is 5.51. The minimum absolute atomic E-state index is 0.308. The molecule has 1 fully saturated rings. The third kappa shape index (κ3) is 2.46. The van der Waals surface area contributed by atoms with Gasteiger partial charge in [0.1, 0.15) is 0 Å². The minimum Gasteiger partial charge on any atom is -0.395 e. The van der Waals surface area contributed by atoms with Gasteiger partial charge < -0.3 is 5.11 Å². The molecule has 1 heterocycles. The summed E-state index contributed by atoms with van der Waals surface area (Å²) in [5, 5.41) is 8.98. The van der Waals surface area contributed by atoms with Crippen LogP contribution in [0.4, 0.5) is 0 Å². The lowest BCUT2D eigenvalue weighted by Crippen LogP contribution is -2.34. The van der Waals surface area contributed by atoms with Crippen LogP contribution in [0, 0.1) is 5.92 Å². The molecule has 12 heavy (non-hydrogen) atoms. The van der Waals surface area contributed by atoms with E-state index in [1.807, 2.05) is 13.8 Å². The Balaban J connectivity index is 0.000000561. The second-order valence-corrected chi connectivity index (χ2v) is 3.48. The van der Waals surface area contributed by atoms with Crippen molar-refractivity contribution in [2.75, 3.05) is 13.7 Å². The lowest BCUT2D eigenvalue weighted by atomic mass is 10.0. The molecule has 0 amide bonds. The number of likely N-dealkylation sites (N-methyl/N-ethyl adjacent to an activating group) is 1. The molecule has 1 aliphatic rings. The standard InChI is InChI=1S/C8H17NO.C2H6/c1-6-4-7(2)9(3)8(6)5-10;1-2/h6-8,10H,4-5H2,1-3H3;1-2H3/t6-,7?,8-;/m1./s1. The SMILES string of the molecule is CC.CC1C[C@@H](C)[C@@H](CO)N1C. The maximum absolute atomic E-state index is 8.98. The molecule has 0 bridgehead atoms. The fraction of sp³-hybridized carbons (Fsp3) is 1.00. The van der Waals surface area contributed by atoms with Crippen LogP contribution in [0.1, 0.15) is 34.1 Å². The summed E-state index contributed by atoms with van der Waals surface area (Å²) >= 11 is 0. The third-order valence-electron chi connectivity index (χ3n) is 2.78. The van der Waals surface area contributed by atoms with Crippen LogP contribution in [0.3, 0.4) is 0 Å². The molecule has 2 heteroatoms. The Bertz CT molecular complexity index is 116. The monoisotopic (exact) mass is 173 g/mol. The zero-order valence-corrected chi connectivity index (χ0v) is 9.04. The Morgan fingerprint density at radius 3 is 2.00 bits per heavy atom. The van der Waals surface area contributed by atoms with E-state index in [0.29, 0.717) is 24.6 Å². The van der Waals surface area contributed by atoms with Crippen molar-refractivity contribution in [1.82, 2.24) is 4.90 Å². The van der Waals surface area contributed by atoms with Crippen LogP contribution >= 0.6 is 0 Å². The second-order valence-electron chi connectivity index (χ2n) is 3.48. The average molecular weight is 173 g/mol. The van der Waals surface area contributed by atoms with Crippen molar-refractivity contribution in [2.45, 2.75) is 46.2 Å². The molecule has 2 nitrogen and oxygen atoms in total. The summed E-state index contributed by atoms with van der Waals surface area (Å²) in [6.45, 7) is 8.73. The summed E-state index contributed by atoms with van der Waals surface area (Å²) in [7, 11) is 2.09. The van der Waals surface area contributed by atoms with Crippen molar-refractivity contribution in [3.63, 3.8) is 0 Å². The van der Waals surface area contributed by atoms with Gasteiger partial charge in [0.25, 0.3) is 0 Å². The minimum atomic E-state index is 0.308. The molecule has 0 aliphatic carbocycles. The van der Waals surface area contributed by atoms with Gasteiger partial charge in [-0.1, -0.05) is 20.8 Å². The van der Waals surface area contributed by atoms with Crippen molar-refractivity contribution >= 4 is 0 Å². The van der Waals surface area contributed by atoms with E-state index < -0.39 is 0 Å². The molecule has 74 valence electrons. The molecule has 1 N–H and O–H groups in total. The van der Waals surface area contributed by atoms with Gasteiger partial charge in [0.15, 0.2) is 0 Å². The van der Waals surface area contributed by atoms with Crippen LogP contribution in [0.2, 0.25) is 0 Å². The molecule has 0 aromatic carbocycles. The van der Waals surface area contributed by atoms with E-state index >= 15 is 0 Å². The van der Waals surface area contributed by atoms with Gasteiger partial charge in [0.2, 0.25) is 0 Å². The Labute approximate surface area is 76.6 Å². The second kappa shape index (κ2) is 5.55. The topological polar surface area (TPSA) is 23.5 Å². The van der Waals surface area contributed by atoms with Crippen LogP contribution in [0.15, 0.2) is 0 Å². The maximum Gasteiger partial charge on any atom is 0.0589 e. The van der Waals surface area contributed by atoms with Gasteiger partial charge in [0.05, 0.1) is 6.61 Å². The van der Waals surface area contributed by atoms with Crippen molar-refractivity contribution in [3.8, 4) is 0 Å². The van der Waals surface area contributed by atoms with Gasteiger partial charge in [-0.15, -0.1) is 0 Å². The summed E-state index contributed by atoms with van der Waals surface area (Å²) < 4.78 is 0. The highest BCUT2D eigenvalue weighted by molar-refractivity contribution is 4.87. The van der Waals surface area contributed by atoms with E-state index in [1.165, 1.54) is 6.42 Å². The highest BCUT2D eigenvalue weighted by Crippen LogP contribution is 2.26. The fourth-order valence-corrected chi connectivity index (χ4v) is 1.90. The zero-order chi connectivity index (χ0) is 9.72. The fourth-order valence-electron chi connectivity index (χ4n) is 1.90. The van der Waals surface area contributed by atoms with Crippen LogP contribution in [-0.4, -0.2) is 35.7 Å². The number of rotatable bonds is 1. The van der Waals surface area contributed by atoms with Gasteiger partial charge in [-0.2, -0.15) is 0 Å². The van der Waals surface area contributed by atoms with Gasteiger partial charge in [-0.25, -0.2) is 0 Å². The molecule has 3 atom stereocenters. The van der Waals surface area contributed by atoms with Crippen molar-refractivity contribution in [2.24, 2.45) is 5.92 Å². The molecular formula is C10H23NO. The first-order chi connectivity index (χ1) is 5.66. The molecule has 1 rings (SSSR count). The molecule has 0 radical (unpaired) electrons. The van der Waals surface area contributed by atoms with Crippen LogP contribution in [0.5, 0.6) is 0 Å². The van der Waals surface area contributed by atoms with Gasteiger partial charge in [0, 0.05) is 12.1 Å². The predicted molar refractivity (Wildman–Crippen MR) is 53.2 cm³/mol. The molecular weight excluding hydrogens is 150 g/mol. The predicted octanol–water partition coefficient (Wildman–Crippen LogP) is 1.73. The van der Waals surface area contributed by atoms with Gasteiger partial charge in [-0.05, 0) is 26.3 Å². The van der Waals surface area contributed by atoms with E-state index in [2.05, 4.69) is 25.8 Å². The molecule has 0 aromatic heterocycles. The molecule has 1 saturated heterocycles. The van der Waals surface area contributed by atoms with E-state index in [-0.39, 0.29) is 0 Å². The van der Waals surface area contributed by atoms with Crippen molar-refractivity contribution in [3.05, 3.63) is 0 Å². The summed E-state index contributed by atoms with van der Waals surface area (Å²) in [6, 6.07) is 1.04. The summed E-state index contributed by atoms with van der Waals surface area (Å²) in [6.07, 6.45) is 1.22. The first kappa shape index (κ1) is 11.9.